The van der Waals surface area contributed by atoms with Crippen molar-refractivity contribution in [1.82, 2.24) is 14.8 Å². The summed E-state index contributed by atoms with van der Waals surface area (Å²) in [5, 5.41) is 7.45. The Labute approximate surface area is 147 Å². The van der Waals surface area contributed by atoms with Gasteiger partial charge in [-0.05, 0) is 25.0 Å². The van der Waals surface area contributed by atoms with Gasteiger partial charge >= 0.3 is 0 Å². The molecular weight excluding hydrogens is 318 g/mol. The van der Waals surface area contributed by atoms with Gasteiger partial charge in [0.05, 0.1) is 36.8 Å². The maximum atomic E-state index is 12.6. The van der Waals surface area contributed by atoms with E-state index in [0.717, 1.165) is 31.6 Å². The monoisotopic (exact) mass is 341 g/mol. The van der Waals surface area contributed by atoms with Crippen LogP contribution in [-0.2, 0) is 4.74 Å². The van der Waals surface area contributed by atoms with Crippen LogP contribution in [0.3, 0.4) is 0 Å². The van der Waals surface area contributed by atoms with Crippen LogP contribution in [-0.4, -0.2) is 47.0 Å². The molecule has 7 nitrogen and oxygen atoms in total. The molecule has 2 aliphatic rings. The summed E-state index contributed by atoms with van der Waals surface area (Å²) < 4.78 is 7.34. The van der Waals surface area contributed by atoms with Crippen molar-refractivity contribution in [3.63, 3.8) is 0 Å². The summed E-state index contributed by atoms with van der Waals surface area (Å²) in [6, 6.07) is 4.15. The summed E-state index contributed by atoms with van der Waals surface area (Å²) in [4.78, 5) is 19.0. The van der Waals surface area contributed by atoms with Gasteiger partial charge in [0.25, 0.3) is 5.91 Å². The first-order valence-corrected chi connectivity index (χ1v) is 8.94. The number of ether oxygens (including phenoxy) is 1. The Kier molecular flexibility index (Phi) is 4.65. The summed E-state index contributed by atoms with van der Waals surface area (Å²) in [6.45, 7) is 3.01. The largest absolute Gasteiger partial charge is 0.378 e. The molecule has 2 aromatic heterocycles. The summed E-state index contributed by atoms with van der Waals surface area (Å²) in [5.41, 5.74) is 2.13. The number of aromatic nitrogens is 3. The lowest BCUT2D eigenvalue weighted by Crippen LogP contribution is -2.36. The lowest BCUT2D eigenvalue weighted by Gasteiger charge is -2.30. The van der Waals surface area contributed by atoms with Crippen molar-refractivity contribution in [3.8, 4) is 0 Å². The molecule has 132 valence electrons. The molecule has 0 aromatic carbocycles. The van der Waals surface area contributed by atoms with E-state index in [2.05, 4.69) is 20.3 Å². The van der Waals surface area contributed by atoms with Gasteiger partial charge in [0, 0.05) is 25.5 Å². The second-order valence-corrected chi connectivity index (χ2v) is 6.57. The van der Waals surface area contributed by atoms with Crippen LogP contribution in [0.5, 0.6) is 0 Å². The topological polar surface area (TPSA) is 72.3 Å². The minimum atomic E-state index is -0.195. The van der Waals surface area contributed by atoms with Crippen LogP contribution >= 0.6 is 0 Å². The van der Waals surface area contributed by atoms with Crippen LogP contribution in [0.2, 0.25) is 0 Å². The van der Waals surface area contributed by atoms with Gasteiger partial charge in [0.2, 0.25) is 0 Å². The number of morpholine rings is 1. The van der Waals surface area contributed by atoms with E-state index < -0.39 is 0 Å². The minimum absolute atomic E-state index is 0.195. The molecule has 0 bridgehead atoms. The van der Waals surface area contributed by atoms with Crippen LogP contribution in [0.4, 0.5) is 11.4 Å². The lowest BCUT2D eigenvalue weighted by molar-refractivity contribution is 0.102. The highest BCUT2D eigenvalue weighted by Crippen LogP contribution is 2.29. The predicted octanol–water partition coefficient (Wildman–Crippen LogP) is 2.48. The Bertz CT molecular complexity index is 733. The van der Waals surface area contributed by atoms with E-state index in [1.165, 1.54) is 12.8 Å². The highest BCUT2D eigenvalue weighted by Gasteiger charge is 2.21. The Morgan fingerprint density at radius 2 is 2.00 bits per heavy atom. The first kappa shape index (κ1) is 16.1. The van der Waals surface area contributed by atoms with Crippen molar-refractivity contribution in [2.45, 2.75) is 31.7 Å². The Morgan fingerprint density at radius 3 is 2.80 bits per heavy atom. The van der Waals surface area contributed by atoms with Crippen molar-refractivity contribution in [2.24, 2.45) is 0 Å². The van der Waals surface area contributed by atoms with Gasteiger partial charge in [-0.3, -0.25) is 14.5 Å². The third-order valence-corrected chi connectivity index (χ3v) is 4.94. The number of hydrogen-bond acceptors (Lipinski definition) is 5. The molecule has 2 aromatic rings. The molecule has 3 heterocycles. The molecule has 25 heavy (non-hydrogen) atoms. The third-order valence-electron chi connectivity index (χ3n) is 4.94. The fraction of sp³-hybridized carbons (Fsp3) is 0.500. The molecule has 1 aliphatic heterocycles. The zero-order chi connectivity index (χ0) is 17.1. The number of hydrogen-bond donors (Lipinski definition) is 1. The number of amides is 1. The van der Waals surface area contributed by atoms with E-state index in [1.54, 1.807) is 18.5 Å². The lowest BCUT2D eigenvalue weighted by atomic mass is 10.2. The normalized spacial score (nSPS) is 18.5. The number of anilines is 2. The first-order chi connectivity index (χ1) is 12.3. The maximum absolute atomic E-state index is 12.6. The zero-order valence-electron chi connectivity index (χ0n) is 14.2. The molecule has 2 fully saturated rings. The van der Waals surface area contributed by atoms with E-state index in [4.69, 9.17) is 4.74 Å². The predicted molar refractivity (Wildman–Crippen MR) is 95.0 cm³/mol. The highest BCUT2D eigenvalue weighted by molar-refractivity contribution is 6.04. The molecule has 0 unspecified atom stereocenters. The van der Waals surface area contributed by atoms with Crippen LogP contribution in [0.25, 0.3) is 0 Å². The summed E-state index contributed by atoms with van der Waals surface area (Å²) >= 11 is 0. The van der Waals surface area contributed by atoms with E-state index >= 15 is 0 Å². The van der Waals surface area contributed by atoms with E-state index in [0.29, 0.717) is 30.6 Å². The molecule has 1 N–H and O–H groups in total. The van der Waals surface area contributed by atoms with Crippen LogP contribution in [0.1, 0.15) is 42.2 Å². The number of carbonyl (C=O) groups excluding carboxylic acids is 1. The second kappa shape index (κ2) is 7.23. The number of rotatable bonds is 4. The summed E-state index contributed by atoms with van der Waals surface area (Å²) in [5.74, 6) is -0.195. The maximum Gasteiger partial charge on any atom is 0.276 e. The Hall–Kier alpha value is -2.41. The number of nitrogens with zero attached hydrogens (tertiary/aromatic N) is 4. The minimum Gasteiger partial charge on any atom is -0.378 e. The van der Waals surface area contributed by atoms with Gasteiger partial charge in [-0.2, -0.15) is 5.10 Å². The fourth-order valence-electron chi connectivity index (χ4n) is 3.58. The average molecular weight is 341 g/mol. The Balaban J connectivity index is 1.49. The smallest absolute Gasteiger partial charge is 0.276 e. The molecule has 1 amide bonds. The standard InChI is InChI=1S/C18H23N5O2/c24-18(15-6-8-23(21-15)14-3-1-2-4-14)20-16-13-19-7-5-17(16)22-9-11-25-12-10-22/h5-8,13-14H,1-4,9-12H2,(H,20,24). The Morgan fingerprint density at radius 1 is 1.20 bits per heavy atom. The van der Waals surface area contributed by atoms with Gasteiger partial charge in [-0.15, -0.1) is 0 Å². The van der Waals surface area contributed by atoms with Crippen molar-refractivity contribution in [1.29, 1.82) is 0 Å². The molecule has 4 rings (SSSR count). The third kappa shape index (κ3) is 3.51. The van der Waals surface area contributed by atoms with Crippen LogP contribution in [0.15, 0.2) is 30.7 Å². The zero-order valence-corrected chi connectivity index (χ0v) is 14.2. The quantitative estimate of drug-likeness (QED) is 0.925. The van der Waals surface area contributed by atoms with Crippen molar-refractivity contribution in [3.05, 3.63) is 36.4 Å². The number of nitrogens with one attached hydrogen (secondary N) is 1. The molecular formula is C18H23N5O2. The second-order valence-electron chi connectivity index (χ2n) is 6.57. The number of carbonyl (C=O) groups is 1. The molecule has 1 saturated carbocycles. The van der Waals surface area contributed by atoms with E-state index in [-0.39, 0.29) is 5.91 Å². The molecule has 0 atom stereocenters. The van der Waals surface area contributed by atoms with Gasteiger partial charge in [0.15, 0.2) is 5.69 Å². The molecule has 1 saturated heterocycles. The molecule has 7 heteroatoms. The van der Waals surface area contributed by atoms with Crippen molar-refractivity contribution >= 4 is 17.3 Å². The van der Waals surface area contributed by atoms with E-state index in [9.17, 15) is 4.79 Å². The van der Waals surface area contributed by atoms with E-state index in [1.807, 2.05) is 16.9 Å². The van der Waals surface area contributed by atoms with Crippen molar-refractivity contribution < 1.29 is 9.53 Å². The number of pyridine rings is 1. The first-order valence-electron chi connectivity index (χ1n) is 8.94. The molecule has 0 radical (unpaired) electrons. The van der Waals surface area contributed by atoms with Crippen LogP contribution < -0.4 is 10.2 Å². The summed E-state index contributed by atoms with van der Waals surface area (Å²) in [7, 11) is 0. The molecule has 0 spiro atoms. The van der Waals surface area contributed by atoms with Gasteiger partial charge in [-0.25, -0.2) is 0 Å². The average Bonchev–Trinajstić information content (AvgIpc) is 3.34. The van der Waals surface area contributed by atoms with Crippen molar-refractivity contribution in [2.75, 3.05) is 36.5 Å². The van der Waals surface area contributed by atoms with Gasteiger partial charge in [-0.1, -0.05) is 12.8 Å². The fourth-order valence-corrected chi connectivity index (χ4v) is 3.58. The highest BCUT2D eigenvalue weighted by atomic mass is 16.5. The van der Waals surface area contributed by atoms with Gasteiger partial charge < -0.3 is 15.0 Å². The van der Waals surface area contributed by atoms with Crippen LogP contribution in [0, 0.1) is 0 Å². The summed E-state index contributed by atoms with van der Waals surface area (Å²) in [6.07, 6.45) is 10.1. The molecule has 1 aliphatic carbocycles. The van der Waals surface area contributed by atoms with Gasteiger partial charge in [0.1, 0.15) is 0 Å². The SMILES string of the molecule is O=C(Nc1cnccc1N1CCOCC1)c1ccn(C2CCCC2)n1.